The largest absolute Gasteiger partial charge is 0.237 e. The number of nitrogens with zero attached hydrogens (tertiary/aromatic N) is 4. The molecule has 40 heavy (non-hydrogen) atoms. The summed E-state index contributed by atoms with van der Waals surface area (Å²) in [5, 5.41) is 4.90. The molecular formula is C36H26N4. The summed E-state index contributed by atoms with van der Waals surface area (Å²) in [6.07, 6.45) is 5.44. The van der Waals surface area contributed by atoms with Crippen molar-refractivity contribution in [3.8, 4) is 45.0 Å². The predicted octanol–water partition coefficient (Wildman–Crippen LogP) is 8.86. The second-order valence-electron chi connectivity index (χ2n) is 10.0. The van der Waals surface area contributed by atoms with Crippen molar-refractivity contribution < 1.29 is 0 Å². The Hall–Kier alpha value is -5.22. The van der Waals surface area contributed by atoms with E-state index in [1.165, 1.54) is 43.8 Å². The van der Waals surface area contributed by atoms with Crippen LogP contribution in [0.25, 0.3) is 66.6 Å². The van der Waals surface area contributed by atoms with Gasteiger partial charge in [-0.15, -0.1) is 0 Å². The molecule has 7 aromatic rings. The Balaban J connectivity index is 1.40. The molecule has 0 amide bonds. The Morgan fingerprint density at radius 3 is 1.30 bits per heavy atom. The van der Waals surface area contributed by atoms with Crippen LogP contribution < -0.4 is 0 Å². The lowest BCUT2D eigenvalue weighted by Gasteiger charge is -2.18. The molecule has 0 saturated heterocycles. The minimum absolute atomic E-state index is 0.730. The van der Waals surface area contributed by atoms with E-state index in [0.717, 1.165) is 34.0 Å². The van der Waals surface area contributed by atoms with E-state index in [0.29, 0.717) is 0 Å². The van der Waals surface area contributed by atoms with Crippen LogP contribution in [-0.4, -0.2) is 19.9 Å². The van der Waals surface area contributed by atoms with Crippen molar-refractivity contribution in [2.75, 3.05) is 0 Å². The molecule has 0 aliphatic rings. The molecule has 0 radical (unpaired) electrons. The SMILES string of the molecule is Cc1cnc(-c2ccc(-c3c4ccccc4c(-c4ccc(-c5ncccn5)cc4)c4ccccc34)cc2)nc1C. The van der Waals surface area contributed by atoms with Crippen LogP contribution >= 0.6 is 0 Å². The highest BCUT2D eigenvalue weighted by Crippen LogP contribution is 2.43. The molecule has 0 saturated carbocycles. The van der Waals surface area contributed by atoms with E-state index in [1.807, 2.05) is 26.1 Å². The number of rotatable bonds is 4. The van der Waals surface area contributed by atoms with Crippen molar-refractivity contribution in [3.63, 3.8) is 0 Å². The lowest BCUT2D eigenvalue weighted by atomic mass is 9.85. The van der Waals surface area contributed by atoms with Crippen molar-refractivity contribution in [1.29, 1.82) is 0 Å². The van der Waals surface area contributed by atoms with Crippen LogP contribution in [0.3, 0.4) is 0 Å². The Labute approximate surface area is 233 Å². The summed E-state index contributed by atoms with van der Waals surface area (Å²) in [5.41, 5.74) is 8.92. The van der Waals surface area contributed by atoms with Crippen LogP contribution in [0.1, 0.15) is 11.3 Å². The normalized spacial score (nSPS) is 11.2. The number of aryl methyl sites for hydroxylation is 2. The Morgan fingerprint density at radius 1 is 0.425 bits per heavy atom. The van der Waals surface area contributed by atoms with Crippen LogP contribution in [0.2, 0.25) is 0 Å². The van der Waals surface area contributed by atoms with E-state index >= 15 is 0 Å². The zero-order valence-electron chi connectivity index (χ0n) is 22.3. The molecule has 5 aromatic carbocycles. The Kier molecular flexibility index (Phi) is 5.86. The van der Waals surface area contributed by atoms with Crippen molar-refractivity contribution in [2.24, 2.45) is 0 Å². The van der Waals surface area contributed by atoms with Gasteiger partial charge < -0.3 is 0 Å². The number of hydrogen-bond donors (Lipinski definition) is 0. The maximum absolute atomic E-state index is 4.70. The maximum Gasteiger partial charge on any atom is 0.159 e. The maximum atomic E-state index is 4.70. The van der Waals surface area contributed by atoms with E-state index in [2.05, 4.69) is 112 Å². The monoisotopic (exact) mass is 514 g/mol. The Bertz CT molecular complexity index is 1940. The lowest BCUT2D eigenvalue weighted by Crippen LogP contribution is -1.94. The quantitative estimate of drug-likeness (QED) is 0.220. The van der Waals surface area contributed by atoms with Crippen LogP contribution in [0, 0.1) is 13.8 Å². The topological polar surface area (TPSA) is 51.6 Å². The molecule has 0 aliphatic carbocycles. The van der Waals surface area contributed by atoms with Crippen molar-refractivity contribution in [2.45, 2.75) is 13.8 Å². The van der Waals surface area contributed by atoms with Gasteiger partial charge in [-0.25, -0.2) is 19.9 Å². The van der Waals surface area contributed by atoms with Crippen LogP contribution in [0.4, 0.5) is 0 Å². The first-order chi connectivity index (χ1) is 19.7. The van der Waals surface area contributed by atoms with Crippen molar-refractivity contribution in [3.05, 3.63) is 133 Å². The summed E-state index contributed by atoms with van der Waals surface area (Å²) in [7, 11) is 0. The first-order valence-electron chi connectivity index (χ1n) is 13.4. The summed E-state index contributed by atoms with van der Waals surface area (Å²) >= 11 is 0. The summed E-state index contributed by atoms with van der Waals surface area (Å²) in [6.45, 7) is 4.06. The van der Waals surface area contributed by atoms with Crippen LogP contribution in [0.15, 0.2) is 122 Å². The minimum Gasteiger partial charge on any atom is -0.237 e. The van der Waals surface area contributed by atoms with Crippen LogP contribution in [-0.2, 0) is 0 Å². The summed E-state index contributed by atoms with van der Waals surface area (Å²) in [4.78, 5) is 18.1. The molecule has 7 rings (SSSR count). The summed E-state index contributed by atoms with van der Waals surface area (Å²) in [5.74, 6) is 1.48. The lowest BCUT2D eigenvalue weighted by molar-refractivity contribution is 1.07. The predicted molar refractivity (Wildman–Crippen MR) is 164 cm³/mol. The van der Waals surface area contributed by atoms with Crippen molar-refractivity contribution in [1.82, 2.24) is 19.9 Å². The number of benzene rings is 5. The molecule has 2 aromatic heterocycles. The highest BCUT2D eigenvalue weighted by Gasteiger charge is 2.17. The third-order valence-corrected chi connectivity index (χ3v) is 7.59. The smallest absolute Gasteiger partial charge is 0.159 e. The first kappa shape index (κ1) is 23.9. The van der Waals surface area contributed by atoms with Gasteiger partial charge in [0.2, 0.25) is 0 Å². The van der Waals surface area contributed by atoms with Gasteiger partial charge in [-0.3, -0.25) is 0 Å². The summed E-state index contributed by atoms with van der Waals surface area (Å²) < 4.78 is 0. The van der Waals surface area contributed by atoms with Gasteiger partial charge in [0.25, 0.3) is 0 Å². The molecule has 0 bridgehead atoms. The van der Waals surface area contributed by atoms with E-state index in [1.54, 1.807) is 12.4 Å². The highest BCUT2D eigenvalue weighted by atomic mass is 14.9. The van der Waals surface area contributed by atoms with E-state index in [-0.39, 0.29) is 0 Å². The van der Waals surface area contributed by atoms with Gasteiger partial charge in [0.05, 0.1) is 0 Å². The fraction of sp³-hybridized carbons (Fsp3) is 0.0556. The van der Waals surface area contributed by atoms with Gasteiger partial charge in [-0.2, -0.15) is 0 Å². The third kappa shape index (κ3) is 4.11. The molecule has 0 unspecified atom stereocenters. The van der Waals surface area contributed by atoms with Gasteiger partial charge in [0.1, 0.15) is 0 Å². The van der Waals surface area contributed by atoms with Gasteiger partial charge in [0, 0.05) is 35.4 Å². The zero-order valence-corrected chi connectivity index (χ0v) is 22.3. The fourth-order valence-electron chi connectivity index (χ4n) is 5.44. The number of aromatic nitrogens is 4. The Morgan fingerprint density at radius 2 is 0.850 bits per heavy atom. The van der Waals surface area contributed by atoms with Gasteiger partial charge in [0.15, 0.2) is 11.6 Å². The molecule has 0 fully saturated rings. The van der Waals surface area contributed by atoms with Gasteiger partial charge in [-0.05, 0) is 69.3 Å². The highest BCUT2D eigenvalue weighted by molar-refractivity contribution is 6.21. The second-order valence-corrected chi connectivity index (χ2v) is 10.0. The second kappa shape index (κ2) is 9.83. The average Bonchev–Trinajstić information content (AvgIpc) is 3.02. The molecule has 2 heterocycles. The zero-order chi connectivity index (χ0) is 27.1. The molecule has 0 spiro atoms. The average molecular weight is 515 g/mol. The standard InChI is InChI=1S/C36H26N4/c1-23-22-39-36(40-24(23)2)28-18-14-26(15-19-28)34-31-10-5-3-8-29(31)33(30-9-4-6-11-32(30)34)25-12-16-27(17-13-25)35-37-20-7-21-38-35/h3-22H,1-2H3. The van der Waals surface area contributed by atoms with Gasteiger partial charge >= 0.3 is 0 Å². The van der Waals surface area contributed by atoms with Crippen molar-refractivity contribution >= 4 is 21.5 Å². The molecule has 0 aliphatic heterocycles. The summed E-state index contributed by atoms with van der Waals surface area (Å²) in [6, 6.07) is 36.4. The van der Waals surface area contributed by atoms with Gasteiger partial charge in [-0.1, -0.05) is 97.1 Å². The minimum atomic E-state index is 0.730. The third-order valence-electron chi connectivity index (χ3n) is 7.59. The number of fused-ring (bicyclic) bond motifs is 2. The molecule has 0 N–H and O–H groups in total. The van der Waals surface area contributed by atoms with E-state index < -0.39 is 0 Å². The van der Waals surface area contributed by atoms with E-state index in [9.17, 15) is 0 Å². The number of hydrogen-bond acceptors (Lipinski definition) is 4. The fourth-order valence-corrected chi connectivity index (χ4v) is 5.44. The molecule has 190 valence electrons. The first-order valence-corrected chi connectivity index (χ1v) is 13.4. The van der Waals surface area contributed by atoms with E-state index in [4.69, 9.17) is 4.98 Å². The molecule has 4 heteroatoms. The molecule has 4 nitrogen and oxygen atoms in total. The van der Waals surface area contributed by atoms with Crippen LogP contribution in [0.5, 0.6) is 0 Å². The molecule has 0 atom stereocenters. The molecular weight excluding hydrogens is 488 g/mol.